The SMILES string of the molecule is C[C@@]1(c2ccccc2)C[C@H]1NC1CCC(N)CC1. The normalized spacial score (nSPS) is 39.6. The van der Waals surface area contributed by atoms with E-state index >= 15 is 0 Å². The molecular weight excluding hydrogens is 220 g/mol. The first-order valence-corrected chi connectivity index (χ1v) is 7.25. The average molecular weight is 244 g/mol. The molecule has 3 rings (SSSR count). The molecule has 0 bridgehead atoms. The van der Waals surface area contributed by atoms with Gasteiger partial charge in [-0.1, -0.05) is 37.3 Å². The molecule has 0 radical (unpaired) electrons. The largest absolute Gasteiger partial charge is 0.328 e. The van der Waals surface area contributed by atoms with E-state index < -0.39 is 0 Å². The maximum atomic E-state index is 5.96. The molecule has 2 saturated carbocycles. The Morgan fingerprint density at radius 2 is 1.78 bits per heavy atom. The highest BCUT2D eigenvalue weighted by Crippen LogP contribution is 2.48. The topological polar surface area (TPSA) is 38.0 Å². The molecule has 2 aliphatic rings. The standard InChI is InChI=1S/C16H24N2/c1-16(12-5-3-2-4-6-12)11-15(16)18-14-9-7-13(17)8-10-14/h2-6,13-15,18H,7-11,17H2,1H3/t13?,14?,15-,16+/m1/s1. The maximum absolute atomic E-state index is 5.96. The Kier molecular flexibility index (Phi) is 3.16. The van der Waals surface area contributed by atoms with Crippen molar-refractivity contribution in [2.24, 2.45) is 5.73 Å². The van der Waals surface area contributed by atoms with Gasteiger partial charge in [-0.15, -0.1) is 0 Å². The van der Waals surface area contributed by atoms with Crippen molar-refractivity contribution in [2.75, 3.05) is 0 Å². The van der Waals surface area contributed by atoms with Crippen molar-refractivity contribution in [1.29, 1.82) is 0 Å². The zero-order valence-electron chi connectivity index (χ0n) is 11.2. The predicted molar refractivity (Wildman–Crippen MR) is 75.6 cm³/mol. The van der Waals surface area contributed by atoms with Crippen LogP contribution in [0.4, 0.5) is 0 Å². The molecule has 0 aromatic heterocycles. The lowest BCUT2D eigenvalue weighted by Crippen LogP contribution is -2.40. The van der Waals surface area contributed by atoms with Crippen LogP contribution >= 0.6 is 0 Å². The van der Waals surface area contributed by atoms with Gasteiger partial charge >= 0.3 is 0 Å². The van der Waals surface area contributed by atoms with E-state index in [0.717, 1.165) is 0 Å². The Balaban J connectivity index is 1.58. The van der Waals surface area contributed by atoms with Crippen molar-refractivity contribution in [2.45, 2.75) is 62.6 Å². The van der Waals surface area contributed by atoms with Gasteiger partial charge in [0.1, 0.15) is 0 Å². The summed E-state index contributed by atoms with van der Waals surface area (Å²) in [6.07, 6.45) is 6.16. The minimum Gasteiger partial charge on any atom is -0.328 e. The van der Waals surface area contributed by atoms with E-state index in [4.69, 9.17) is 5.73 Å². The Hall–Kier alpha value is -0.860. The summed E-state index contributed by atoms with van der Waals surface area (Å²) in [6, 6.07) is 12.7. The van der Waals surface area contributed by atoms with Crippen LogP contribution in [0, 0.1) is 0 Å². The van der Waals surface area contributed by atoms with E-state index in [0.29, 0.717) is 23.5 Å². The molecule has 2 aliphatic carbocycles. The van der Waals surface area contributed by atoms with Crippen LogP contribution in [0.15, 0.2) is 30.3 Å². The number of benzene rings is 1. The third-order valence-corrected chi connectivity index (χ3v) is 4.88. The lowest BCUT2D eigenvalue weighted by atomic mass is 9.91. The first-order valence-electron chi connectivity index (χ1n) is 7.25. The Labute approximate surface area is 110 Å². The molecule has 1 aromatic rings. The number of nitrogens with one attached hydrogen (secondary N) is 1. The van der Waals surface area contributed by atoms with Crippen LogP contribution in [-0.2, 0) is 5.41 Å². The quantitative estimate of drug-likeness (QED) is 0.857. The van der Waals surface area contributed by atoms with E-state index in [1.807, 2.05) is 0 Å². The lowest BCUT2D eigenvalue weighted by molar-refractivity contribution is 0.335. The first-order chi connectivity index (χ1) is 8.68. The van der Waals surface area contributed by atoms with Crippen molar-refractivity contribution >= 4 is 0 Å². The Bertz CT molecular complexity index is 395. The molecule has 0 heterocycles. The van der Waals surface area contributed by atoms with Gasteiger partial charge in [-0.2, -0.15) is 0 Å². The van der Waals surface area contributed by atoms with Crippen molar-refractivity contribution in [1.82, 2.24) is 5.32 Å². The summed E-state index contributed by atoms with van der Waals surface area (Å²) >= 11 is 0. The van der Waals surface area contributed by atoms with E-state index in [1.165, 1.54) is 37.7 Å². The van der Waals surface area contributed by atoms with E-state index in [2.05, 4.69) is 42.6 Å². The van der Waals surface area contributed by atoms with Crippen molar-refractivity contribution < 1.29 is 0 Å². The number of hydrogen-bond donors (Lipinski definition) is 2. The molecule has 2 heteroatoms. The third-order valence-electron chi connectivity index (χ3n) is 4.88. The highest BCUT2D eigenvalue weighted by atomic mass is 15.0. The highest BCUT2D eigenvalue weighted by Gasteiger charge is 2.51. The Morgan fingerprint density at radius 3 is 2.44 bits per heavy atom. The molecular formula is C16H24N2. The fourth-order valence-corrected chi connectivity index (χ4v) is 3.32. The summed E-state index contributed by atoms with van der Waals surface area (Å²) in [5.41, 5.74) is 7.80. The molecule has 2 atom stereocenters. The van der Waals surface area contributed by atoms with Gasteiger partial charge in [0.25, 0.3) is 0 Å². The fraction of sp³-hybridized carbons (Fsp3) is 0.625. The molecule has 1 aromatic carbocycles. The van der Waals surface area contributed by atoms with Gasteiger partial charge in [-0.05, 0) is 37.7 Å². The molecule has 2 fully saturated rings. The second-order valence-corrected chi connectivity index (χ2v) is 6.32. The van der Waals surface area contributed by atoms with Gasteiger partial charge < -0.3 is 11.1 Å². The molecule has 18 heavy (non-hydrogen) atoms. The third kappa shape index (κ3) is 2.32. The summed E-state index contributed by atoms with van der Waals surface area (Å²) in [6.45, 7) is 2.38. The lowest BCUT2D eigenvalue weighted by Gasteiger charge is -2.28. The van der Waals surface area contributed by atoms with Gasteiger partial charge in [0.05, 0.1) is 0 Å². The monoisotopic (exact) mass is 244 g/mol. The Morgan fingerprint density at radius 1 is 1.11 bits per heavy atom. The zero-order valence-corrected chi connectivity index (χ0v) is 11.2. The molecule has 98 valence electrons. The molecule has 0 aliphatic heterocycles. The fourth-order valence-electron chi connectivity index (χ4n) is 3.32. The number of rotatable bonds is 3. The van der Waals surface area contributed by atoms with Crippen LogP contribution in [0.2, 0.25) is 0 Å². The maximum Gasteiger partial charge on any atom is 0.0173 e. The summed E-state index contributed by atoms with van der Waals surface area (Å²) < 4.78 is 0. The van der Waals surface area contributed by atoms with E-state index in [-0.39, 0.29) is 0 Å². The van der Waals surface area contributed by atoms with Gasteiger partial charge in [-0.3, -0.25) is 0 Å². The molecule has 0 spiro atoms. The van der Waals surface area contributed by atoms with E-state index in [9.17, 15) is 0 Å². The summed E-state index contributed by atoms with van der Waals surface area (Å²) in [4.78, 5) is 0. The summed E-state index contributed by atoms with van der Waals surface area (Å²) in [5.74, 6) is 0. The van der Waals surface area contributed by atoms with Crippen LogP contribution in [0.5, 0.6) is 0 Å². The van der Waals surface area contributed by atoms with Gasteiger partial charge in [-0.25, -0.2) is 0 Å². The van der Waals surface area contributed by atoms with Crippen molar-refractivity contribution in [3.8, 4) is 0 Å². The van der Waals surface area contributed by atoms with Gasteiger partial charge in [0.2, 0.25) is 0 Å². The van der Waals surface area contributed by atoms with Crippen LogP contribution in [0.1, 0.15) is 44.6 Å². The number of hydrogen-bond acceptors (Lipinski definition) is 2. The zero-order chi connectivity index (χ0) is 12.6. The summed E-state index contributed by atoms with van der Waals surface area (Å²) in [5, 5.41) is 3.85. The van der Waals surface area contributed by atoms with Crippen LogP contribution in [-0.4, -0.2) is 18.1 Å². The van der Waals surface area contributed by atoms with E-state index in [1.54, 1.807) is 0 Å². The minimum absolute atomic E-state index is 0.362. The highest BCUT2D eigenvalue weighted by molar-refractivity contribution is 5.34. The first kappa shape index (κ1) is 12.2. The number of nitrogens with two attached hydrogens (primary N) is 1. The smallest absolute Gasteiger partial charge is 0.0173 e. The van der Waals surface area contributed by atoms with Gasteiger partial charge in [0.15, 0.2) is 0 Å². The second kappa shape index (κ2) is 4.67. The second-order valence-electron chi connectivity index (χ2n) is 6.32. The molecule has 3 N–H and O–H groups in total. The predicted octanol–water partition coefficient (Wildman–Crippen LogP) is 2.58. The average Bonchev–Trinajstić information content (AvgIpc) is 3.05. The van der Waals surface area contributed by atoms with Crippen LogP contribution < -0.4 is 11.1 Å². The van der Waals surface area contributed by atoms with Crippen LogP contribution in [0.25, 0.3) is 0 Å². The van der Waals surface area contributed by atoms with Gasteiger partial charge in [0, 0.05) is 23.5 Å². The van der Waals surface area contributed by atoms with Crippen molar-refractivity contribution in [3.05, 3.63) is 35.9 Å². The van der Waals surface area contributed by atoms with Crippen molar-refractivity contribution in [3.63, 3.8) is 0 Å². The molecule has 0 amide bonds. The summed E-state index contributed by atoms with van der Waals surface area (Å²) in [7, 11) is 0. The molecule has 2 nitrogen and oxygen atoms in total. The molecule has 0 unspecified atom stereocenters. The minimum atomic E-state index is 0.362. The van der Waals surface area contributed by atoms with Crippen LogP contribution in [0.3, 0.4) is 0 Å². The molecule has 0 saturated heterocycles.